The van der Waals surface area contributed by atoms with E-state index in [0.717, 1.165) is 36.1 Å². The van der Waals surface area contributed by atoms with E-state index < -0.39 is 0 Å². The molecule has 0 aliphatic heterocycles. The van der Waals surface area contributed by atoms with Crippen LogP contribution in [0.2, 0.25) is 0 Å². The van der Waals surface area contributed by atoms with Gasteiger partial charge in [0.2, 0.25) is 0 Å². The molecule has 2 nitrogen and oxygen atoms in total. The van der Waals surface area contributed by atoms with E-state index in [1.165, 1.54) is 37.0 Å². The van der Waals surface area contributed by atoms with Gasteiger partial charge in [-0.25, -0.2) is 0 Å². The van der Waals surface area contributed by atoms with Crippen LogP contribution in [-0.2, 0) is 6.42 Å². The molecule has 0 saturated heterocycles. The summed E-state index contributed by atoms with van der Waals surface area (Å²) in [5.41, 5.74) is 1.46. The highest BCUT2D eigenvalue weighted by Gasteiger charge is 2.65. The van der Waals surface area contributed by atoms with E-state index in [1.807, 2.05) is 6.26 Å². The maximum Gasteiger partial charge on any atom is 0.108 e. The maximum absolute atomic E-state index is 5.60. The fraction of sp³-hybridized carbons (Fsp3) is 0.750. The average Bonchev–Trinajstić information content (AvgIpc) is 2.84. The van der Waals surface area contributed by atoms with Gasteiger partial charge in [0.15, 0.2) is 0 Å². The minimum atomic E-state index is 0.586. The van der Waals surface area contributed by atoms with Gasteiger partial charge in [-0.05, 0) is 61.8 Å². The molecule has 5 atom stereocenters. The first-order valence-electron chi connectivity index (χ1n) is 7.74. The van der Waals surface area contributed by atoms with Gasteiger partial charge in [-0.1, -0.05) is 0 Å². The molecule has 5 rings (SSSR count). The Hall–Kier alpha value is -0.760. The molecule has 5 unspecified atom stereocenters. The smallest absolute Gasteiger partial charge is 0.108 e. The maximum atomic E-state index is 5.60. The van der Waals surface area contributed by atoms with Crippen molar-refractivity contribution in [2.24, 2.45) is 23.7 Å². The summed E-state index contributed by atoms with van der Waals surface area (Å²) in [7, 11) is 0. The Morgan fingerprint density at radius 3 is 2.78 bits per heavy atom. The first kappa shape index (κ1) is 10.1. The standard InChI is InChI=1S/C16H21NO/c1-2-12(11-6-7-18-13(11)3-1)17-16-14-9-4-5-10(8-9)15(14)16/h6-7,9-10,12,14-17H,1-5,8H2. The Kier molecular flexibility index (Phi) is 1.91. The molecule has 2 bridgehead atoms. The molecular weight excluding hydrogens is 222 g/mol. The summed E-state index contributed by atoms with van der Waals surface area (Å²) in [4.78, 5) is 0. The van der Waals surface area contributed by atoms with Gasteiger partial charge >= 0.3 is 0 Å². The first-order chi connectivity index (χ1) is 8.92. The van der Waals surface area contributed by atoms with Gasteiger partial charge in [-0.2, -0.15) is 0 Å². The first-order valence-corrected chi connectivity index (χ1v) is 7.74. The van der Waals surface area contributed by atoms with Crippen LogP contribution in [0.1, 0.15) is 49.5 Å². The normalized spacial score (nSPS) is 48.0. The van der Waals surface area contributed by atoms with E-state index in [9.17, 15) is 0 Å². The lowest BCUT2D eigenvalue weighted by molar-refractivity contribution is 0.374. The summed E-state index contributed by atoms with van der Waals surface area (Å²) in [5.74, 6) is 5.48. The number of furan rings is 1. The molecule has 1 N–H and O–H groups in total. The second kappa shape index (κ2) is 3.41. The molecular formula is C16H21NO. The lowest BCUT2D eigenvalue weighted by Gasteiger charge is -2.24. The Morgan fingerprint density at radius 2 is 1.94 bits per heavy atom. The van der Waals surface area contributed by atoms with Crippen molar-refractivity contribution < 1.29 is 4.42 Å². The van der Waals surface area contributed by atoms with Crippen molar-refractivity contribution in [1.29, 1.82) is 0 Å². The van der Waals surface area contributed by atoms with Crippen molar-refractivity contribution in [3.8, 4) is 0 Å². The summed E-state index contributed by atoms with van der Waals surface area (Å²) < 4.78 is 5.60. The van der Waals surface area contributed by atoms with Crippen molar-refractivity contribution in [3.05, 3.63) is 23.7 Å². The zero-order valence-corrected chi connectivity index (χ0v) is 10.8. The summed E-state index contributed by atoms with van der Waals surface area (Å²) in [6.07, 6.45) is 10.2. The molecule has 96 valence electrons. The number of fused-ring (bicyclic) bond motifs is 6. The van der Waals surface area contributed by atoms with E-state index in [0.29, 0.717) is 6.04 Å². The number of hydrogen-bond donors (Lipinski definition) is 1. The second-order valence-corrected chi connectivity index (χ2v) is 6.92. The minimum absolute atomic E-state index is 0.586. The largest absolute Gasteiger partial charge is 0.469 e. The molecule has 0 amide bonds. The van der Waals surface area contributed by atoms with Gasteiger partial charge in [-0.15, -0.1) is 0 Å². The number of aryl methyl sites for hydroxylation is 1. The van der Waals surface area contributed by atoms with Crippen LogP contribution in [0.4, 0.5) is 0 Å². The van der Waals surface area contributed by atoms with Gasteiger partial charge in [-0.3, -0.25) is 0 Å². The van der Waals surface area contributed by atoms with Crippen molar-refractivity contribution in [2.45, 2.75) is 50.6 Å². The van der Waals surface area contributed by atoms with E-state index in [1.54, 1.807) is 6.42 Å². The van der Waals surface area contributed by atoms with Crippen LogP contribution < -0.4 is 5.32 Å². The van der Waals surface area contributed by atoms with Gasteiger partial charge in [0, 0.05) is 24.1 Å². The SMILES string of the molecule is c1cc2c(o1)CCCC2NC1C2C3CCC(C3)C12. The monoisotopic (exact) mass is 243 g/mol. The molecule has 0 aromatic carbocycles. The Morgan fingerprint density at radius 1 is 1.11 bits per heavy atom. The third kappa shape index (κ3) is 1.22. The van der Waals surface area contributed by atoms with Crippen molar-refractivity contribution in [2.75, 3.05) is 0 Å². The van der Waals surface area contributed by atoms with Gasteiger partial charge < -0.3 is 9.73 Å². The van der Waals surface area contributed by atoms with E-state index in [4.69, 9.17) is 4.42 Å². The van der Waals surface area contributed by atoms with Crippen molar-refractivity contribution in [3.63, 3.8) is 0 Å². The molecule has 0 radical (unpaired) electrons. The van der Waals surface area contributed by atoms with Crippen molar-refractivity contribution >= 4 is 0 Å². The summed E-state index contributed by atoms with van der Waals surface area (Å²) in [5, 5.41) is 3.98. The molecule has 18 heavy (non-hydrogen) atoms. The van der Waals surface area contributed by atoms with Gasteiger partial charge in [0.05, 0.1) is 6.26 Å². The van der Waals surface area contributed by atoms with Crippen LogP contribution in [0.5, 0.6) is 0 Å². The Bertz CT molecular complexity index is 463. The average molecular weight is 243 g/mol. The number of nitrogens with one attached hydrogen (secondary N) is 1. The lowest BCUT2D eigenvalue weighted by Crippen LogP contribution is -2.30. The number of hydrogen-bond acceptors (Lipinski definition) is 2. The van der Waals surface area contributed by atoms with Crippen LogP contribution >= 0.6 is 0 Å². The highest BCUT2D eigenvalue weighted by atomic mass is 16.3. The molecule has 1 aromatic heterocycles. The van der Waals surface area contributed by atoms with E-state index >= 15 is 0 Å². The zero-order valence-electron chi connectivity index (χ0n) is 10.8. The molecule has 4 aliphatic rings. The van der Waals surface area contributed by atoms with Gasteiger partial charge in [0.1, 0.15) is 5.76 Å². The summed E-state index contributed by atoms with van der Waals surface area (Å²) in [6.45, 7) is 0. The predicted molar refractivity (Wildman–Crippen MR) is 69.1 cm³/mol. The van der Waals surface area contributed by atoms with Crippen LogP contribution in [0, 0.1) is 23.7 Å². The quantitative estimate of drug-likeness (QED) is 0.862. The summed E-state index contributed by atoms with van der Waals surface area (Å²) >= 11 is 0. The molecule has 1 aromatic rings. The van der Waals surface area contributed by atoms with E-state index in [2.05, 4.69) is 11.4 Å². The Labute approximate surface area is 108 Å². The van der Waals surface area contributed by atoms with Gasteiger partial charge in [0.25, 0.3) is 0 Å². The lowest BCUT2D eigenvalue weighted by atomic mass is 9.93. The highest BCUT2D eigenvalue weighted by Crippen LogP contribution is 2.66. The van der Waals surface area contributed by atoms with Crippen LogP contribution in [-0.4, -0.2) is 6.04 Å². The van der Waals surface area contributed by atoms with Crippen LogP contribution in [0.3, 0.4) is 0 Å². The molecule has 3 fully saturated rings. The third-order valence-corrected chi connectivity index (χ3v) is 6.18. The second-order valence-electron chi connectivity index (χ2n) is 6.92. The fourth-order valence-corrected chi connectivity index (χ4v) is 5.44. The predicted octanol–water partition coefficient (Wildman–Crippen LogP) is 3.29. The zero-order chi connectivity index (χ0) is 11.7. The molecule has 4 aliphatic carbocycles. The summed E-state index contributed by atoms with van der Waals surface area (Å²) in [6, 6.07) is 3.63. The van der Waals surface area contributed by atoms with Crippen LogP contribution in [0.15, 0.2) is 16.7 Å². The molecule has 2 heteroatoms. The van der Waals surface area contributed by atoms with E-state index in [-0.39, 0.29) is 0 Å². The van der Waals surface area contributed by atoms with Crippen LogP contribution in [0.25, 0.3) is 0 Å². The van der Waals surface area contributed by atoms with Crippen molar-refractivity contribution in [1.82, 2.24) is 5.32 Å². The molecule has 3 saturated carbocycles. The molecule has 0 spiro atoms. The molecule has 1 heterocycles. The number of rotatable bonds is 2. The highest BCUT2D eigenvalue weighted by molar-refractivity contribution is 5.26. The Balaban J connectivity index is 1.35. The third-order valence-electron chi connectivity index (χ3n) is 6.18. The topological polar surface area (TPSA) is 25.2 Å². The minimum Gasteiger partial charge on any atom is -0.469 e. The fourth-order valence-electron chi connectivity index (χ4n) is 5.44.